The average molecular weight is 349 g/mol. The number of amides is 1. The molecule has 2 aromatic carbocycles. The standard InChI is InChI=1S/C20H13ClN2O2/c21-18-10-9-15(11-22-18)14-7-5-13(6-8-14)12-23-17-4-2-1-3-16(17)19(24)20(23)25/h1-11H,12H2. The molecule has 2 heterocycles. The van der Waals surface area contributed by atoms with Crippen molar-refractivity contribution in [2.45, 2.75) is 6.54 Å². The molecule has 0 radical (unpaired) electrons. The number of aromatic nitrogens is 1. The van der Waals surface area contributed by atoms with E-state index in [4.69, 9.17) is 11.6 Å². The van der Waals surface area contributed by atoms with Gasteiger partial charge < -0.3 is 4.90 Å². The van der Waals surface area contributed by atoms with Crippen molar-refractivity contribution in [3.05, 3.63) is 83.1 Å². The summed E-state index contributed by atoms with van der Waals surface area (Å²) in [6, 6.07) is 18.6. The summed E-state index contributed by atoms with van der Waals surface area (Å²) in [6.07, 6.45) is 1.72. The van der Waals surface area contributed by atoms with Crippen LogP contribution in [0.4, 0.5) is 5.69 Å². The van der Waals surface area contributed by atoms with Gasteiger partial charge in [0.2, 0.25) is 0 Å². The molecular formula is C20H13ClN2O2. The number of fused-ring (bicyclic) bond motifs is 1. The minimum Gasteiger partial charge on any atom is -0.300 e. The predicted octanol–water partition coefficient (Wildman–Crippen LogP) is 4.13. The zero-order valence-corrected chi connectivity index (χ0v) is 13.9. The van der Waals surface area contributed by atoms with Gasteiger partial charge in [-0.3, -0.25) is 9.59 Å². The third-order valence-corrected chi connectivity index (χ3v) is 4.46. The second kappa shape index (κ2) is 6.15. The van der Waals surface area contributed by atoms with E-state index >= 15 is 0 Å². The van der Waals surface area contributed by atoms with Crippen LogP contribution in [0.5, 0.6) is 0 Å². The Morgan fingerprint density at radius 2 is 1.60 bits per heavy atom. The van der Waals surface area contributed by atoms with Gasteiger partial charge in [-0.25, -0.2) is 4.98 Å². The Bertz CT molecular complexity index is 966. The van der Waals surface area contributed by atoms with Crippen molar-refractivity contribution in [1.82, 2.24) is 4.98 Å². The second-order valence-corrected chi connectivity index (χ2v) is 6.19. The average Bonchev–Trinajstić information content (AvgIpc) is 2.88. The number of rotatable bonds is 3. The van der Waals surface area contributed by atoms with Crippen molar-refractivity contribution >= 4 is 29.0 Å². The lowest BCUT2D eigenvalue weighted by Gasteiger charge is -2.16. The summed E-state index contributed by atoms with van der Waals surface area (Å²) in [5.74, 6) is -0.924. The molecule has 3 aromatic rings. The molecule has 0 bridgehead atoms. The molecule has 25 heavy (non-hydrogen) atoms. The Kier molecular flexibility index (Phi) is 3.82. The number of Topliss-reactive ketones (excluding diaryl/α,β-unsaturated/α-hetero) is 1. The third-order valence-electron chi connectivity index (χ3n) is 4.23. The lowest BCUT2D eigenvalue weighted by molar-refractivity contribution is -0.114. The molecule has 1 aliphatic heterocycles. The Hall–Kier alpha value is -2.98. The lowest BCUT2D eigenvalue weighted by atomic mass is 10.1. The van der Waals surface area contributed by atoms with Crippen molar-refractivity contribution in [3.63, 3.8) is 0 Å². The maximum atomic E-state index is 12.2. The van der Waals surface area contributed by atoms with Gasteiger partial charge in [0.1, 0.15) is 5.15 Å². The minimum absolute atomic E-state index is 0.362. The van der Waals surface area contributed by atoms with Gasteiger partial charge in [0.05, 0.1) is 17.8 Å². The molecule has 0 spiro atoms. The van der Waals surface area contributed by atoms with Gasteiger partial charge in [0.15, 0.2) is 0 Å². The first-order valence-corrected chi connectivity index (χ1v) is 8.17. The topological polar surface area (TPSA) is 50.3 Å². The summed E-state index contributed by atoms with van der Waals surface area (Å²) < 4.78 is 0. The maximum absolute atomic E-state index is 12.2. The number of nitrogens with zero attached hydrogens (tertiary/aromatic N) is 2. The molecule has 0 fully saturated rings. The molecule has 5 heteroatoms. The predicted molar refractivity (Wildman–Crippen MR) is 96.6 cm³/mol. The fourth-order valence-electron chi connectivity index (χ4n) is 2.94. The number of hydrogen-bond acceptors (Lipinski definition) is 3. The van der Waals surface area contributed by atoms with Crippen LogP contribution in [0.15, 0.2) is 66.9 Å². The number of anilines is 1. The van der Waals surface area contributed by atoms with Crippen molar-refractivity contribution < 1.29 is 9.59 Å². The normalized spacial score (nSPS) is 13.2. The highest BCUT2D eigenvalue weighted by Crippen LogP contribution is 2.30. The summed E-state index contributed by atoms with van der Waals surface area (Å²) in [7, 11) is 0. The molecule has 1 amide bonds. The summed E-state index contributed by atoms with van der Waals surface area (Å²) in [4.78, 5) is 29.9. The Labute approximate surface area is 149 Å². The van der Waals surface area contributed by atoms with Crippen LogP contribution in [0.1, 0.15) is 15.9 Å². The van der Waals surface area contributed by atoms with E-state index in [0.29, 0.717) is 22.9 Å². The highest BCUT2D eigenvalue weighted by Gasteiger charge is 2.35. The Morgan fingerprint density at radius 3 is 2.32 bits per heavy atom. The Balaban J connectivity index is 1.59. The number of hydrogen-bond donors (Lipinski definition) is 0. The molecule has 0 saturated carbocycles. The van der Waals surface area contributed by atoms with Gasteiger partial charge in [-0.15, -0.1) is 0 Å². The van der Waals surface area contributed by atoms with E-state index in [1.165, 1.54) is 4.90 Å². The smallest absolute Gasteiger partial charge is 0.299 e. The molecule has 0 aliphatic carbocycles. The summed E-state index contributed by atoms with van der Waals surface area (Å²) in [5, 5.41) is 0.455. The fraction of sp³-hybridized carbons (Fsp3) is 0.0500. The molecule has 4 rings (SSSR count). The van der Waals surface area contributed by atoms with Crippen LogP contribution in [-0.4, -0.2) is 16.7 Å². The molecule has 1 aromatic heterocycles. The quantitative estimate of drug-likeness (QED) is 0.528. The molecule has 0 N–H and O–H groups in total. The first-order chi connectivity index (χ1) is 12.1. The van der Waals surface area contributed by atoms with E-state index < -0.39 is 11.7 Å². The van der Waals surface area contributed by atoms with Gasteiger partial charge in [-0.2, -0.15) is 0 Å². The number of ketones is 1. The van der Waals surface area contributed by atoms with E-state index in [1.807, 2.05) is 36.4 Å². The number of benzene rings is 2. The number of carbonyl (C=O) groups is 2. The molecule has 122 valence electrons. The van der Waals surface area contributed by atoms with Crippen molar-refractivity contribution in [3.8, 4) is 11.1 Å². The number of pyridine rings is 1. The second-order valence-electron chi connectivity index (χ2n) is 5.80. The molecule has 0 unspecified atom stereocenters. The lowest BCUT2D eigenvalue weighted by Crippen LogP contribution is -2.29. The van der Waals surface area contributed by atoms with Crippen LogP contribution in [0.3, 0.4) is 0 Å². The highest BCUT2D eigenvalue weighted by molar-refractivity contribution is 6.52. The van der Waals surface area contributed by atoms with Gasteiger partial charge in [-0.05, 0) is 35.4 Å². The maximum Gasteiger partial charge on any atom is 0.299 e. The van der Waals surface area contributed by atoms with E-state index in [0.717, 1.165) is 16.7 Å². The van der Waals surface area contributed by atoms with Crippen LogP contribution in [-0.2, 0) is 11.3 Å². The van der Waals surface area contributed by atoms with E-state index in [-0.39, 0.29) is 0 Å². The monoisotopic (exact) mass is 348 g/mol. The van der Waals surface area contributed by atoms with Crippen LogP contribution < -0.4 is 4.90 Å². The summed E-state index contributed by atoms with van der Waals surface area (Å²) in [6.45, 7) is 0.362. The molecular weight excluding hydrogens is 336 g/mol. The molecule has 0 atom stereocenters. The SMILES string of the molecule is O=C1C(=O)N(Cc2ccc(-c3ccc(Cl)nc3)cc2)c2ccccc21. The van der Waals surface area contributed by atoms with Crippen LogP contribution in [0.25, 0.3) is 11.1 Å². The molecule has 4 nitrogen and oxygen atoms in total. The highest BCUT2D eigenvalue weighted by atomic mass is 35.5. The zero-order chi connectivity index (χ0) is 17.4. The molecule has 1 aliphatic rings. The van der Waals surface area contributed by atoms with Gasteiger partial charge in [0.25, 0.3) is 11.7 Å². The summed E-state index contributed by atoms with van der Waals surface area (Å²) >= 11 is 5.81. The number of para-hydroxylation sites is 1. The first-order valence-electron chi connectivity index (χ1n) is 7.79. The molecule has 0 saturated heterocycles. The van der Waals surface area contributed by atoms with E-state index in [2.05, 4.69) is 4.98 Å². The zero-order valence-electron chi connectivity index (χ0n) is 13.1. The number of carbonyl (C=O) groups excluding carboxylic acids is 2. The van der Waals surface area contributed by atoms with Gasteiger partial charge in [0, 0.05) is 11.8 Å². The minimum atomic E-state index is -0.479. The third kappa shape index (κ3) is 2.81. The van der Waals surface area contributed by atoms with E-state index in [9.17, 15) is 9.59 Å². The van der Waals surface area contributed by atoms with Crippen LogP contribution in [0, 0.1) is 0 Å². The van der Waals surface area contributed by atoms with Crippen LogP contribution in [0.2, 0.25) is 5.15 Å². The fourth-order valence-corrected chi connectivity index (χ4v) is 3.05. The summed E-state index contributed by atoms with van der Waals surface area (Å²) in [5.41, 5.74) is 4.06. The van der Waals surface area contributed by atoms with Gasteiger partial charge >= 0.3 is 0 Å². The van der Waals surface area contributed by atoms with Crippen molar-refractivity contribution in [2.24, 2.45) is 0 Å². The van der Waals surface area contributed by atoms with Crippen molar-refractivity contribution in [1.29, 1.82) is 0 Å². The van der Waals surface area contributed by atoms with E-state index in [1.54, 1.807) is 30.5 Å². The van der Waals surface area contributed by atoms with Crippen LogP contribution >= 0.6 is 11.6 Å². The number of halogens is 1. The Morgan fingerprint density at radius 1 is 0.880 bits per heavy atom. The largest absolute Gasteiger partial charge is 0.300 e. The first kappa shape index (κ1) is 15.5. The van der Waals surface area contributed by atoms with Crippen molar-refractivity contribution in [2.75, 3.05) is 4.90 Å². The van der Waals surface area contributed by atoms with Gasteiger partial charge in [-0.1, -0.05) is 48.0 Å².